The molecule has 7 nitrogen and oxygen atoms in total. The fourth-order valence-electron chi connectivity index (χ4n) is 2.02. The molecule has 0 aliphatic rings. The highest BCUT2D eigenvalue weighted by Gasteiger charge is 2.42. The van der Waals surface area contributed by atoms with Gasteiger partial charge in [-0.2, -0.15) is 0 Å². The first-order valence-corrected chi connectivity index (χ1v) is 6.04. The number of non-ortho nitro benzene ring substituents is 1. The van der Waals surface area contributed by atoms with Crippen LogP contribution in [0.2, 0.25) is 0 Å². The highest BCUT2D eigenvalue weighted by Crippen LogP contribution is 2.34. The first kappa shape index (κ1) is 15.7. The lowest BCUT2D eigenvalue weighted by molar-refractivity contribution is -0.565. The van der Waals surface area contributed by atoms with Gasteiger partial charge in [-0.3, -0.25) is 20.2 Å². The maximum Gasteiger partial charge on any atom is 0.269 e. The van der Waals surface area contributed by atoms with Crippen molar-refractivity contribution in [2.75, 3.05) is 0 Å². The Balaban J connectivity index is 3.20. The third kappa shape index (κ3) is 3.37. The number of hydrogen-bond donors (Lipinski definition) is 0. The molecule has 0 fully saturated rings. The Morgan fingerprint density at radius 1 is 1.20 bits per heavy atom. The van der Waals surface area contributed by atoms with Crippen LogP contribution < -0.4 is 0 Å². The molecule has 0 radical (unpaired) electrons. The number of carbonyl (C=O) groups is 1. The predicted molar refractivity (Wildman–Crippen MR) is 72.2 cm³/mol. The lowest BCUT2D eigenvalue weighted by atomic mass is 9.79. The van der Waals surface area contributed by atoms with Crippen LogP contribution in [0.3, 0.4) is 0 Å². The molecular formula is C13H16N2O5. The van der Waals surface area contributed by atoms with Crippen LogP contribution in [0.5, 0.6) is 0 Å². The normalized spacial score (nSPS) is 12.8. The Hall–Kier alpha value is -2.31. The summed E-state index contributed by atoms with van der Waals surface area (Å²) in [7, 11) is 0. The molecule has 0 N–H and O–H groups in total. The average molecular weight is 280 g/mol. The van der Waals surface area contributed by atoms with Gasteiger partial charge in [-0.1, -0.05) is 12.1 Å². The molecule has 0 aliphatic carbocycles. The van der Waals surface area contributed by atoms with Gasteiger partial charge in [0.1, 0.15) is 5.78 Å². The highest BCUT2D eigenvalue weighted by molar-refractivity contribution is 5.76. The maximum atomic E-state index is 11.3. The van der Waals surface area contributed by atoms with E-state index in [4.69, 9.17) is 0 Å². The molecule has 1 rings (SSSR count). The van der Waals surface area contributed by atoms with Crippen molar-refractivity contribution >= 4 is 11.5 Å². The van der Waals surface area contributed by atoms with Crippen LogP contribution >= 0.6 is 0 Å². The molecule has 108 valence electrons. The van der Waals surface area contributed by atoms with Gasteiger partial charge in [0, 0.05) is 37.3 Å². The summed E-state index contributed by atoms with van der Waals surface area (Å²) in [5.74, 6) is -0.793. The van der Waals surface area contributed by atoms with Gasteiger partial charge < -0.3 is 4.79 Å². The zero-order chi connectivity index (χ0) is 15.5. The minimum Gasteiger partial charge on any atom is -0.300 e. The van der Waals surface area contributed by atoms with Gasteiger partial charge in [-0.05, 0) is 12.5 Å². The van der Waals surface area contributed by atoms with E-state index in [9.17, 15) is 25.0 Å². The molecule has 20 heavy (non-hydrogen) atoms. The first-order valence-electron chi connectivity index (χ1n) is 6.04. The molecule has 1 atom stereocenters. The fraction of sp³-hybridized carbons (Fsp3) is 0.462. The summed E-state index contributed by atoms with van der Waals surface area (Å²) in [6.45, 7) is 4.26. The van der Waals surface area contributed by atoms with Crippen LogP contribution in [0.1, 0.15) is 38.7 Å². The predicted octanol–water partition coefficient (Wildman–Crippen LogP) is 2.71. The second-order valence-corrected chi connectivity index (χ2v) is 5.22. The second-order valence-electron chi connectivity index (χ2n) is 5.22. The van der Waals surface area contributed by atoms with E-state index < -0.39 is 21.3 Å². The Labute approximate surface area is 115 Å². The number of hydrogen-bond acceptors (Lipinski definition) is 5. The number of rotatable bonds is 6. The van der Waals surface area contributed by atoms with E-state index in [0.29, 0.717) is 5.56 Å². The van der Waals surface area contributed by atoms with Crippen molar-refractivity contribution in [3.8, 4) is 0 Å². The molecule has 0 heterocycles. The molecule has 0 saturated heterocycles. The molecule has 7 heteroatoms. The Morgan fingerprint density at radius 2 is 1.70 bits per heavy atom. The van der Waals surface area contributed by atoms with Crippen LogP contribution in [-0.2, 0) is 4.79 Å². The van der Waals surface area contributed by atoms with E-state index in [1.54, 1.807) is 0 Å². The molecular weight excluding hydrogens is 264 g/mol. The van der Waals surface area contributed by atoms with Crippen LogP contribution in [0, 0.1) is 20.2 Å². The lowest BCUT2D eigenvalue weighted by Crippen LogP contribution is -2.39. The maximum absolute atomic E-state index is 11.3. The number of Topliss-reactive ketones (excluding diaryl/α,β-unsaturated/α-hetero) is 1. The summed E-state index contributed by atoms with van der Waals surface area (Å²) in [5, 5.41) is 21.8. The number of ketones is 1. The van der Waals surface area contributed by atoms with Gasteiger partial charge in [-0.15, -0.1) is 0 Å². The van der Waals surface area contributed by atoms with E-state index in [1.807, 2.05) is 0 Å². The van der Waals surface area contributed by atoms with Crippen molar-refractivity contribution in [1.82, 2.24) is 0 Å². The Morgan fingerprint density at radius 3 is 2.05 bits per heavy atom. The number of carbonyl (C=O) groups excluding carboxylic acids is 1. The van der Waals surface area contributed by atoms with Gasteiger partial charge in [0.15, 0.2) is 0 Å². The van der Waals surface area contributed by atoms with Crippen molar-refractivity contribution in [3.63, 3.8) is 0 Å². The van der Waals surface area contributed by atoms with Gasteiger partial charge >= 0.3 is 0 Å². The summed E-state index contributed by atoms with van der Waals surface area (Å²) in [5.41, 5.74) is -0.872. The van der Waals surface area contributed by atoms with E-state index in [-0.39, 0.29) is 17.9 Å². The number of nitrogens with zero attached hydrogens (tertiary/aromatic N) is 2. The molecule has 0 unspecified atom stereocenters. The zero-order valence-corrected chi connectivity index (χ0v) is 11.5. The van der Waals surface area contributed by atoms with Crippen LogP contribution in [0.4, 0.5) is 5.69 Å². The van der Waals surface area contributed by atoms with Crippen LogP contribution in [0.15, 0.2) is 24.3 Å². The highest BCUT2D eigenvalue weighted by atomic mass is 16.6. The summed E-state index contributed by atoms with van der Waals surface area (Å²) >= 11 is 0. The molecule has 0 spiro atoms. The molecule has 0 bridgehead atoms. The average Bonchev–Trinajstić information content (AvgIpc) is 2.35. The fourth-order valence-corrected chi connectivity index (χ4v) is 2.02. The number of benzene rings is 1. The summed E-state index contributed by atoms with van der Waals surface area (Å²) in [4.78, 5) is 32.2. The Kier molecular flexibility index (Phi) is 4.54. The first-order chi connectivity index (χ1) is 9.16. The van der Waals surface area contributed by atoms with Crippen molar-refractivity contribution in [1.29, 1.82) is 0 Å². The Bertz CT molecular complexity index is 536. The molecule has 0 amide bonds. The summed E-state index contributed by atoms with van der Waals surface area (Å²) < 4.78 is 0. The van der Waals surface area contributed by atoms with E-state index >= 15 is 0 Å². The van der Waals surface area contributed by atoms with Crippen molar-refractivity contribution in [2.45, 2.75) is 38.6 Å². The largest absolute Gasteiger partial charge is 0.300 e. The molecule has 0 saturated carbocycles. The topological polar surface area (TPSA) is 103 Å². The van der Waals surface area contributed by atoms with E-state index in [1.165, 1.54) is 45.0 Å². The molecule has 0 aliphatic heterocycles. The van der Waals surface area contributed by atoms with Gasteiger partial charge in [-0.25, -0.2) is 0 Å². The van der Waals surface area contributed by atoms with Gasteiger partial charge in [0.2, 0.25) is 5.54 Å². The lowest BCUT2D eigenvalue weighted by Gasteiger charge is -2.26. The van der Waals surface area contributed by atoms with Crippen molar-refractivity contribution in [3.05, 3.63) is 50.1 Å². The monoisotopic (exact) mass is 280 g/mol. The molecule has 1 aromatic carbocycles. The minimum atomic E-state index is -1.33. The number of nitro benzene ring substituents is 1. The zero-order valence-electron chi connectivity index (χ0n) is 11.5. The van der Waals surface area contributed by atoms with Crippen LogP contribution in [0.25, 0.3) is 0 Å². The standard InChI is InChI=1S/C13H16N2O5/c1-9(16)8-12(13(2,3)15(19)20)10-4-6-11(7-5-10)14(17)18/h4-7,12H,8H2,1-3H3/t12-/m1/s1. The molecule has 1 aromatic rings. The third-order valence-electron chi connectivity index (χ3n) is 3.32. The smallest absolute Gasteiger partial charge is 0.269 e. The van der Waals surface area contributed by atoms with Crippen molar-refractivity contribution < 1.29 is 14.6 Å². The van der Waals surface area contributed by atoms with Crippen molar-refractivity contribution in [2.24, 2.45) is 0 Å². The third-order valence-corrected chi connectivity index (χ3v) is 3.32. The summed E-state index contributed by atoms with van der Waals surface area (Å²) in [6, 6.07) is 5.52. The minimum absolute atomic E-state index is 0.0196. The van der Waals surface area contributed by atoms with E-state index in [0.717, 1.165) is 0 Å². The van der Waals surface area contributed by atoms with Crippen LogP contribution in [-0.4, -0.2) is 21.2 Å². The number of nitro groups is 2. The summed E-state index contributed by atoms with van der Waals surface area (Å²) in [6.07, 6.45) is 0.0196. The van der Waals surface area contributed by atoms with Gasteiger partial charge in [0.05, 0.1) is 10.8 Å². The quantitative estimate of drug-likeness (QED) is 0.588. The van der Waals surface area contributed by atoms with Gasteiger partial charge in [0.25, 0.3) is 5.69 Å². The second kappa shape index (κ2) is 5.77. The van der Waals surface area contributed by atoms with E-state index in [2.05, 4.69) is 0 Å². The SMILES string of the molecule is CC(=O)C[C@H](c1ccc([N+](=O)[O-])cc1)C(C)(C)[N+](=O)[O-]. The molecule has 0 aromatic heterocycles.